The van der Waals surface area contributed by atoms with E-state index in [1.54, 1.807) is 12.1 Å². The zero-order chi connectivity index (χ0) is 18.1. The summed E-state index contributed by atoms with van der Waals surface area (Å²) in [6.45, 7) is 6.76. The van der Waals surface area contributed by atoms with Gasteiger partial charge >= 0.3 is 0 Å². The van der Waals surface area contributed by atoms with Gasteiger partial charge in [0.2, 0.25) is 5.91 Å². The van der Waals surface area contributed by atoms with Crippen molar-refractivity contribution in [1.82, 2.24) is 10.6 Å². The Kier molecular flexibility index (Phi) is 9.16. The average Bonchev–Trinajstić information content (AvgIpc) is 2.50. The van der Waals surface area contributed by atoms with E-state index in [0.717, 1.165) is 19.3 Å². The van der Waals surface area contributed by atoms with Gasteiger partial charge in [-0.2, -0.15) is 0 Å². The smallest absolute Gasteiger partial charge is 0.253 e. The van der Waals surface area contributed by atoms with Gasteiger partial charge in [0, 0.05) is 11.6 Å². The minimum absolute atomic E-state index is 0.154. The second-order valence-corrected chi connectivity index (χ2v) is 7.12. The number of halogens is 2. The lowest BCUT2D eigenvalue weighted by molar-refractivity contribution is -0.123. The molecule has 0 fully saturated rings. The number of rotatable bonds is 9. The zero-order valence-electron chi connectivity index (χ0n) is 14.5. The Labute approximate surface area is 154 Å². The van der Waals surface area contributed by atoms with E-state index in [1.807, 2.05) is 13.8 Å². The Hall–Kier alpha value is -1.26. The molecular weight excluding hydrogens is 347 g/mol. The van der Waals surface area contributed by atoms with Crippen LogP contribution in [0.25, 0.3) is 0 Å². The molecule has 2 amide bonds. The van der Waals surface area contributed by atoms with Crippen LogP contribution in [0.4, 0.5) is 0 Å². The Morgan fingerprint density at radius 2 is 1.88 bits per heavy atom. The zero-order valence-corrected chi connectivity index (χ0v) is 16.0. The van der Waals surface area contributed by atoms with Crippen molar-refractivity contribution in [2.75, 3.05) is 6.54 Å². The highest BCUT2D eigenvalue weighted by Crippen LogP contribution is 2.21. The molecule has 0 aliphatic heterocycles. The number of carbonyl (C=O) groups excluding carboxylic acids is 2. The van der Waals surface area contributed by atoms with Crippen molar-refractivity contribution >= 4 is 35.0 Å². The van der Waals surface area contributed by atoms with Gasteiger partial charge in [0.05, 0.1) is 10.6 Å². The molecule has 24 heavy (non-hydrogen) atoms. The molecule has 0 aliphatic rings. The summed E-state index contributed by atoms with van der Waals surface area (Å²) in [6, 6.07) is 4.10. The van der Waals surface area contributed by atoms with Crippen LogP contribution < -0.4 is 10.6 Å². The predicted octanol–water partition coefficient (Wildman–Crippen LogP) is 4.44. The van der Waals surface area contributed by atoms with E-state index in [4.69, 9.17) is 23.2 Å². The summed E-state index contributed by atoms with van der Waals surface area (Å²) >= 11 is 11.9. The molecule has 1 rings (SSSR count). The van der Waals surface area contributed by atoms with Gasteiger partial charge in [-0.1, -0.05) is 56.8 Å². The van der Waals surface area contributed by atoms with Gasteiger partial charge in [0.15, 0.2) is 0 Å². The van der Waals surface area contributed by atoms with Crippen LogP contribution in [-0.2, 0) is 4.79 Å². The maximum absolute atomic E-state index is 12.4. The molecule has 134 valence electrons. The first-order valence-electron chi connectivity index (χ1n) is 8.38. The lowest BCUT2D eigenvalue weighted by atomic mass is 10.0. The third-order valence-electron chi connectivity index (χ3n) is 3.58. The lowest BCUT2D eigenvalue weighted by Crippen LogP contribution is -2.47. The van der Waals surface area contributed by atoms with Crippen molar-refractivity contribution in [3.8, 4) is 0 Å². The Morgan fingerprint density at radius 3 is 2.46 bits per heavy atom. The van der Waals surface area contributed by atoms with E-state index >= 15 is 0 Å². The Bertz CT molecular complexity index is 562. The highest BCUT2D eigenvalue weighted by atomic mass is 35.5. The second kappa shape index (κ2) is 10.6. The summed E-state index contributed by atoms with van der Waals surface area (Å²) in [6.07, 6.45) is 3.67. The van der Waals surface area contributed by atoms with Crippen molar-refractivity contribution in [2.24, 2.45) is 5.92 Å². The highest BCUT2D eigenvalue weighted by Gasteiger charge is 2.23. The Morgan fingerprint density at radius 1 is 1.17 bits per heavy atom. The van der Waals surface area contributed by atoms with E-state index in [2.05, 4.69) is 17.6 Å². The number of amides is 2. The molecule has 0 aliphatic carbocycles. The number of nitrogens with one attached hydrogen (secondary N) is 2. The molecule has 1 aromatic carbocycles. The van der Waals surface area contributed by atoms with Crippen molar-refractivity contribution in [2.45, 2.75) is 52.5 Å². The van der Waals surface area contributed by atoms with E-state index < -0.39 is 6.04 Å². The first-order valence-corrected chi connectivity index (χ1v) is 9.14. The number of carbonyl (C=O) groups is 2. The van der Waals surface area contributed by atoms with Crippen molar-refractivity contribution in [3.05, 3.63) is 33.8 Å². The minimum Gasteiger partial charge on any atom is -0.354 e. The third kappa shape index (κ3) is 7.10. The minimum atomic E-state index is -0.578. The average molecular weight is 373 g/mol. The van der Waals surface area contributed by atoms with Gasteiger partial charge in [-0.25, -0.2) is 0 Å². The maximum atomic E-state index is 12.4. The fourth-order valence-electron chi connectivity index (χ4n) is 2.32. The van der Waals surface area contributed by atoms with Crippen LogP contribution in [0.1, 0.15) is 56.8 Å². The van der Waals surface area contributed by atoms with E-state index in [-0.39, 0.29) is 22.8 Å². The normalized spacial score (nSPS) is 12.1. The SMILES string of the molecule is CCCCCNC(=O)C(CC(C)C)NC(=O)c1ccc(Cl)cc1Cl. The summed E-state index contributed by atoms with van der Waals surface area (Å²) < 4.78 is 0. The van der Waals surface area contributed by atoms with Crippen LogP contribution in [0.3, 0.4) is 0 Å². The largest absolute Gasteiger partial charge is 0.354 e. The van der Waals surface area contributed by atoms with Gasteiger partial charge in [0.25, 0.3) is 5.91 Å². The molecule has 6 heteroatoms. The van der Waals surface area contributed by atoms with Crippen LogP contribution >= 0.6 is 23.2 Å². The Balaban J connectivity index is 2.73. The first-order chi connectivity index (χ1) is 11.3. The van der Waals surface area contributed by atoms with Gasteiger partial charge in [0.1, 0.15) is 6.04 Å². The van der Waals surface area contributed by atoms with Crippen LogP contribution in [0.2, 0.25) is 10.0 Å². The molecule has 1 aromatic rings. The molecule has 0 spiro atoms. The molecule has 0 heterocycles. The first kappa shape index (κ1) is 20.8. The van der Waals surface area contributed by atoms with E-state index in [9.17, 15) is 9.59 Å². The fraction of sp³-hybridized carbons (Fsp3) is 0.556. The number of unbranched alkanes of at least 4 members (excludes halogenated alkanes) is 2. The summed E-state index contributed by atoms with van der Waals surface area (Å²) in [5, 5.41) is 6.41. The second-order valence-electron chi connectivity index (χ2n) is 6.28. The van der Waals surface area contributed by atoms with Crippen molar-refractivity contribution in [1.29, 1.82) is 0 Å². The third-order valence-corrected chi connectivity index (χ3v) is 4.13. The molecule has 0 bridgehead atoms. The van der Waals surface area contributed by atoms with Crippen LogP contribution in [0, 0.1) is 5.92 Å². The predicted molar refractivity (Wildman–Crippen MR) is 99.7 cm³/mol. The summed E-state index contributed by atoms with van der Waals surface area (Å²) in [5.41, 5.74) is 0.314. The molecule has 1 atom stereocenters. The lowest BCUT2D eigenvalue weighted by Gasteiger charge is -2.20. The molecule has 0 aromatic heterocycles. The quantitative estimate of drug-likeness (QED) is 0.629. The number of hydrogen-bond acceptors (Lipinski definition) is 2. The van der Waals surface area contributed by atoms with Crippen LogP contribution in [0.15, 0.2) is 18.2 Å². The summed E-state index contributed by atoms with van der Waals surface area (Å²) in [5.74, 6) is -0.248. The van der Waals surface area contributed by atoms with Gasteiger partial charge in [-0.15, -0.1) is 0 Å². The highest BCUT2D eigenvalue weighted by molar-refractivity contribution is 6.36. The maximum Gasteiger partial charge on any atom is 0.253 e. The standard InChI is InChI=1S/C18H26Cl2N2O2/c1-4-5-6-9-21-18(24)16(10-12(2)3)22-17(23)14-8-7-13(19)11-15(14)20/h7-8,11-12,16H,4-6,9-10H2,1-3H3,(H,21,24)(H,22,23). The topological polar surface area (TPSA) is 58.2 Å². The molecule has 1 unspecified atom stereocenters. The molecule has 2 N–H and O–H groups in total. The van der Waals surface area contributed by atoms with Crippen molar-refractivity contribution in [3.63, 3.8) is 0 Å². The van der Waals surface area contributed by atoms with Crippen LogP contribution in [-0.4, -0.2) is 24.4 Å². The van der Waals surface area contributed by atoms with Gasteiger partial charge in [-0.05, 0) is 37.0 Å². The van der Waals surface area contributed by atoms with E-state index in [0.29, 0.717) is 23.6 Å². The van der Waals surface area contributed by atoms with Crippen molar-refractivity contribution < 1.29 is 9.59 Å². The fourth-order valence-corrected chi connectivity index (χ4v) is 2.82. The van der Waals surface area contributed by atoms with Gasteiger partial charge in [-0.3, -0.25) is 9.59 Å². The number of hydrogen-bond donors (Lipinski definition) is 2. The molecular formula is C18H26Cl2N2O2. The number of benzene rings is 1. The van der Waals surface area contributed by atoms with Crippen LogP contribution in [0.5, 0.6) is 0 Å². The molecule has 0 saturated heterocycles. The summed E-state index contributed by atoms with van der Waals surface area (Å²) in [4.78, 5) is 24.8. The van der Waals surface area contributed by atoms with Gasteiger partial charge < -0.3 is 10.6 Å². The molecule has 0 saturated carbocycles. The monoisotopic (exact) mass is 372 g/mol. The summed E-state index contributed by atoms with van der Waals surface area (Å²) in [7, 11) is 0. The molecule has 4 nitrogen and oxygen atoms in total. The van der Waals surface area contributed by atoms with E-state index in [1.165, 1.54) is 6.07 Å². The molecule has 0 radical (unpaired) electrons.